The molecule has 4 nitrogen and oxygen atoms in total. The zero-order valence-electron chi connectivity index (χ0n) is 9.41. The van der Waals surface area contributed by atoms with Gasteiger partial charge < -0.3 is 15.8 Å². The standard InChI is InChI=1S/C12H19N3O/c13-11(14)12(4-2-1-3-5-12)8-10-9-15-6-7-16-10/h1-4,10,15H,5-9H2,(H3,13,14)/t10?,12-/m1/s1. The largest absolute Gasteiger partial charge is 0.387 e. The van der Waals surface area contributed by atoms with Crippen LogP contribution in [0.5, 0.6) is 0 Å². The van der Waals surface area contributed by atoms with Crippen LogP contribution in [0.3, 0.4) is 0 Å². The molecule has 0 bridgehead atoms. The van der Waals surface area contributed by atoms with E-state index in [0.717, 1.165) is 32.5 Å². The second-order valence-electron chi connectivity index (χ2n) is 4.46. The van der Waals surface area contributed by atoms with Gasteiger partial charge in [0.25, 0.3) is 0 Å². The molecule has 2 atom stereocenters. The van der Waals surface area contributed by atoms with E-state index in [1.54, 1.807) is 0 Å². The fraction of sp³-hybridized carbons (Fsp3) is 0.583. The molecule has 0 aromatic rings. The van der Waals surface area contributed by atoms with Gasteiger partial charge in [0.2, 0.25) is 0 Å². The molecule has 1 unspecified atom stereocenters. The first-order valence-electron chi connectivity index (χ1n) is 5.74. The summed E-state index contributed by atoms with van der Waals surface area (Å²) in [5.41, 5.74) is 5.41. The molecule has 1 aliphatic heterocycles. The number of nitrogens with two attached hydrogens (primary N) is 1. The third kappa shape index (κ3) is 2.33. The van der Waals surface area contributed by atoms with Gasteiger partial charge in [0.05, 0.1) is 18.1 Å². The van der Waals surface area contributed by atoms with Crippen molar-refractivity contribution in [3.63, 3.8) is 0 Å². The highest BCUT2D eigenvalue weighted by Crippen LogP contribution is 2.33. The van der Waals surface area contributed by atoms with E-state index in [4.69, 9.17) is 15.9 Å². The average molecular weight is 221 g/mol. The molecule has 0 amide bonds. The Hall–Kier alpha value is -1.13. The molecule has 1 aliphatic carbocycles. The number of ether oxygens (including phenoxy) is 1. The van der Waals surface area contributed by atoms with E-state index >= 15 is 0 Å². The lowest BCUT2D eigenvalue weighted by molar-refractivity contribution is 0.0118. The van der Waals surface area contributed by atoms with Crippen molar-refractivity contribution < 1.29 is 4.74 Å². The van der Waals surface area contributed by atoms with Gasteiger partial charge in [-0.2, -0.15) is 0 Å². The first-order valence-corrected chi connectivity index (χ1v) is 5.74. The van der Waals surface area contributed by atoms with Gasteiger partial charge in [-0.3, -0.25) is 5.41 Å². The first-order chi connectivity index (χ1) is 7.73. The predicted molar refractivity (Wildman–Crippen MR) is 64.5 cm³/mol. The molecular formula is C12H19N3O. The topological polar surface area (TPSA) is 71.1 Å². The summed E-state index contributed by atoms with van der Waals surface area (Å²) in [6.07, 6.45) is 9.83. The monoisotopic (exact) mass is 221 g/mol. The van der Waals surface area contributed by atoms with Crippen molar-refractivity contribution in [3.8, 4) is 0 Å². The number of hydrogen-bond acceptors (Lipinski definition) is 3. The van der Waals surface area contributed by atoms with E-state index < -0.39 is 0 Å². The molecule has 4 N–H and O–H groups in total. The molecule has 1 heterocycles. The zero-order chi connectivity index (χ0) is 11.4. The minimum absolute atomic E-state index is 0.161. The highest BCUT2D eigenvalue weighted by Gasteiger charge is 2.34. The number of hydrogen-bond donors (Lipinski definition) is 3. The second kappa shape index (κ2) is 4.80. The lowest BCUT2D eigenvalue weighted by Crippen LogP contribution is -2.45. The maximum absolute atomic E-state index is 7.77. The van der Waals surface area contributed by atoms with Gasteiger partial charge >= 0.3 is 0 Å². The Balaban J connectivity index is 2.05. The van der Waals surface area contributed by atoms with Crippen LogP contribution in [-0.2, 0) is 4.74 Å². The summed E-state index contributed by atoms with van der Waals surface area (Å²) in [4.78, 5) is 0. The maximum Gasteiger partial charge on any atom is 0.101 e. The van der Waals surface area contributed by atoms with Gasteiger partial charge in [0.1, 0.15) is 5.84 Å². The van der Waals surface area contributed by atoms with Crippen LogP contribution in [0, 0.1) is 10.8 Å². The molecule has 4 heteroatoms. The van der Waals surface area contributed by atoms with E-state index in [9.17, 15) is 0 Å². The molecule has 2 rings (SSSR count). The van der Waals surface area contributed by atoms with Crippen LogP contribution in [0.15, 0.2) is 24.3 Å². The van der Waals surface area contributed by atoms with Gasteiger partial charge in [-0.25, -0.2) is 0 Å². The lowest BCUT2D eigenvalue weighted by atomic mass is 9.76. The molecule has 16 heavy (non-hydrogen) atoms. The quantitative estimate of drug-likeness (QED) is 0.487. The Bertz CT molecular complexity index is 318. The summed E-state index contributed by atoms with van der Waals surface area (Å²) in [5, 5.41) is 11.1. The van der Waals surface area contributed by atoms with Gasteiger partial charge in [-0.1, -0.05) is 24.3 Å². The summed E-state index contributed by atoms with van der Waals surface area (Å²) in [7, 11) is 0. The van der Waals surface area contributed by atoms with E-state index in [1.165, 1.54) is 0 Å². The molecular weight excluding hydrogens is 202 g/mol. The Morgan fingerprint density at radius 1 is 1.56 bits per heavy atom. The highest BCUT2D eigenvalue weighted by atomic mass is 16.5. The number of morpholine rings is 1. The molecule has 1 fully saturated rings. The Morgan fingerprint density at radius 3 is 3.00 bits per heavy atom. The van der Waals surface area contributed by atoms with Crippen molar-refractivity contribution in [2.45, 2.75) is 18.9 Å². The van der Waals surface area contributed by atoms with E-state index in [-0.39, 0.29) is 17.4 Å². The molecule has 2 aliphatic rings. The highest BCUT2D eigenvalue weighted by molar-refractivity contribution is 5.86. The van der Waals surface area contributed by atoms with Crippen LogP contribution in [-0.4, -0.2) is 31.6 Å². The summed E-state index contributed by atoms with van der Waals surface area (Å²) in [5.74, 6) is 0.238. The van der Waals surface area contributed by atoms with Gasteiger partial charge in [-0.15, -0.1) is 0 Å². The van der Waals surface area contributed by atoms with Gasteiger partial charge in [0.15, 0.2) is 0 Å². The normalized spacial score (nSPS) is 33.9. The van der Waals surface area contributed by atoms with Crippen LogP contribution in [0.2, 0.25) is 0 Å². The van der Waals surface area contributed by atoms with Crippen molar-refractivity contribution in [1.29, 1.82) is 5.41 Å². The number of rotatable bonds is 3. The molecule has 0 radical (unpaired) electrons. The third-order valence-electron chi connectivity index (χ3n) is 3.28. The fourth-order valence-corrected chi connectivity index (χ4v) is 2.28. The van der Waals surface area contributed by atoms with E-state index in [0.29, 0.717) is 0 Å². The summed E-state index contributed by atoms with van der Waals surface area (Å²) in [6, 6.07) is 0. The van der Waals surface area contributed by atoms with Crippen molar-refractivity contribution >= 4 is 5.84 Å². The number of allylic oxidation sites excluding steroid dienone is 3. The summed E-state index contributed by atoms with van der Waals surface area (Å²) in [6.45, 7) is 2.52. The molecule has 0 aromatic carbocycles. The van der Waals surface area contributed by atoms with Gasteiger partial charge in [0, 0.05) is 13.1 Å². The smallest absolute Gasteiger partial charge is 0.101 e. The predicted octanol–water partition coefficient (Wildman–Crippen LogP) is 0.803. The summed E-state index contributed by atoms with van der Waals surface area (Å²) < 4.78 is 5.68. The minimum atomic E-state index is -0.335. The van der Waals surface area contributed by atoms with Crippen LogP contribution >= 0.6 is 0 Å². The Morgan fingerprint density at radius 2 is 2.44 bits per heavy atom. The summed E-state index contributed by atoms with van der Waals surface area (Å²) >= 11 is 0. The van der Waals surface area contributed by atoms with Crippen LogP contribution in [0.4, 0.5) is 0 Å². The minimum Gasteiger partial charge on any atom is -0.387 e. The Labute approximate surface area is 96.1 Å². The van der Waals surface area contributed by atoms with Crippen molar-refractivity contribution in [1.82, 2.24) is 5.32 Å². The first kappa shape index (κ1) is 11.4. The molecule has 0 spiro atoms. The van der Waals surface area contributed by atoms with E-state index in [2.05, 4.69) is 11.4 Å². The van der Waals surface area contributed by atoms with Gasteiger partial charge in [-0.05, 0) is 12.8 Å². The second-order valence-corrected chi connectivity index (χ2v) is 4.46. The van der Waals surface area contributed by atoms with Crippen molar-refractivity contribution in [2.24, 2.45) is 11.1 Å². The number of amidine groups is 1. The van der Waals surface area contributed by atoms with Crippen molar-refractivity contribution in [2.75, 3.05) is 19.7 Å². The van der Waals surface area contributed by atoms with Crippen LogP contribution < -0.4 is 11.1 Å². The maximum atomic E-state index is 7.77. The van der Waals surface area contributed by atoms with Crippen LogP contribution in [0.25, 0.3) is 0 Å². The number of nitrogens with one attached hydrogen (secondary N) is 2. The Kier molecular flexibility index (Phi) is 3.41. The molecule has 1 saturated heterocycles. The average Bonchev–Trinajstić information content (AvgIpc) is 2.31. The zero-order valence-corrected chi connectivity index (χ0v) is 9.41. The van der Waals surface area contributed by atoms with E-state index in [1.807, 2.05) is 18.2 Å². The molecule has 88 valence electrons. The third-order valence-corrected chi connectivity index (χ3v) is 3.28. The molecule has 0 saturated carbocycles. The van der Waals surface area contributed by atoms with Crippen molar-refractivity contribution in [3.05, 3.63) is 24.3 Å². The van der Waals surface area contributed by atoms with Crippen LogP contribution in [0.1, 0.15) is 12.8 Å². The SMILES string of the molecule is N=C(N)[C@]1(CC2CNCCO2)C=CC=CC1. The molecule has 0 aromatic heterocycles. The fourth-order valence-electron chi connectivity index (χ4n) is 2.28. The lowest BCUT2D eigenvalue weighted by Gasteiger charge is -2.35.